The Hall–Kier alpha value is -2.36. The summed E-state index contributed by atoms with van der Waals surface area (Å²) in [4.78, 5) is 14.1. The molecule has 116 valence electrons. The lowest BCUT2D eigenvalue weighted by Gasteiger charge is -2.23. The van der Waals surface area contributed by atoms with Gasteiger partial charge in [-0.1, -0.05) is 18.2 Å². The summed E-state index contributed by atoms with van der Waals surface area (Å²) in [5.41, 5.74) is 1.99. The number of hydrogen-bond acceptors (Lipinski definition) is 2. The first-order valence-corrected chi connectivity index (χ1v) is 7.36. The van der Waals surface area contributed by atoms with Crippen molar-refractivity contribution in [2.24, 2.45) is 0 Å². The smallest absolute Gasteiger partial charge is 0.230 e. The van der Waals surface area contributed by atoms with Gasteiger partial charge in [-0.3, -0.25) is 4.79 Å². The van der Waals surface area contributed by atoms with Gasteiger partial charge < -0.3 is 9.64 Å². The fourth-order valence-electron chi connectivity index (χ4n) is 2.27. The van der Waals surface area contributed by atoms with Gasteiger partial charge >= 0.3 is 0 Å². The Morgan fingerprint density at radius 2 is 1.82 bits per heavy atom. The Balaban J connectivity index is 1.93. The van der Waals surface area contributed by atoms with E-state index in [-0.39, 0.29) is 24.8 Å². The molecule has 2 aromatic rings. The van der Waals surface area contributed by atoms with Crippen LogP contribution >= 0.6 is 0 Å². The van der Waals surface area contributed by atoms with Crippen molar-refractivity contribution in [1.82, 2.24) is 0 Å². The first-order valence-electron chi connectivity index (χ1n) is 7.36. The maximum Gasteiger partial charge on any atom is 0.230 e. The van der Waals surface area contributed by atoms with Crippen LogP contribution < -0.4 is 9.64 Å². The zero-order chi connectivity index (χ0) is 15.9. The SMILES string of the molecule is CCN(C(=O)CCOc1ccc(F)cc1)c1ccccc1C. The van der Waals surface area contributed by atoms with E-state index in [1.54, 1.807) is 17.0 Å². The minimum absolute atomic E-state index is 0.0129. The van der Waals surface area contributed by atoms with Crippen molar-refractivity contribution in [1.29, 1.82) is 0 Å². The molecule has 0 heterocycles. The highest BCUT2D eigenvalue weighted by molar-refractivity contribution is 5.94. The number of rotatable bonds is 6. The van der Waals surface area contributed by atoms with Crippen molar-refractivity contribution >= 4 is 11.6 Å². The van der Waals surface area contributed by atoms with Crippen molar-refractivity contribution in [3.63, 3.8) is 0 Å². The molecule has 2 rings (SSSR count). The number of carbonyl (C=O) groups is 1. The second-order valence-electron chi connectivity index (χ2n) is 4.98. The van der Waals surface area contributed by atoms with Crippen LogP contribution in [0.4, 0.5) is 10.1 Å². The van der Waals surface area contributed by atoms with Crippen molar-refractivity contribution < 1.29 is 13.9 Å². The molecule has 1 amide bonds. The minimum atomic E-state index is -0.305. The molecule has 0 atom stereocenters. The van der Waals surface area contributed by atoms with Crippen molar-refractivity contribution in [2.45, 2.75) is 20.3 Å². The monoisotopic (exact) mass is 301 g/mol. The molecule has 0 aliphatic rings. The highest BCUT2D eigenvalue weighted by Gasteiger charge is 2.15. The van der Waals surface area contributed by atoms with Crippen LogP contribution in [0.3, 0.4) is 0 Å². The Morgan fingerprint density at radius 3 is 2.45 bits per heavy atom. The molecule has 0 N–H and O–H groups in total. The highest BCUT2D eigenvalue weighted by atomic mass is 19.1. The fraction of sp³-hybridized carbons (Fsp3) is 0.278. The first-order chi connectivity index (χ1) is 10.6. The molecule has 0 spiro atoms. The summed E-state index contributed by atoms with van der Waals surface area (Å²) in [6.07, 6.45) is 0.277. The summed E-state index contributed by atoms with van der Waals surface area (Å²) in [5.74, 6) is 0.271. The van der Waals surface area contributed by atoms with E-state index >= 15 is 0 Å². The van der Waals surface area contributed by atoms with Crippen LogP contribution in [0.15, 0.2) is 48.5 Å². The number of benzene rings is 2. The number of hydrogen-bond donors (Lipinski definition) is 0. The molecular formula is C18H20FNO2. The third-order valence-electron chi connectivity index (χ3n) is 3.42. The lowest BCUT2D eigenvalue weighted by molar-refractivity contribution is -0.119. The molecule has 22 heavy (non-hydrogen) atoms. The predicted octanol–water partition coefficient (Wildman–Crippen LogP) is 3.96. The van der Waals surface area contributed by atoms with Gasteiger partial charge in [-0.25, -0.2) is 4.39 Å². The van der Waals surface area contributed by atoms with Gasteiger partial charge in [0, 0.05) is 12.2 Å². The summed E-state index contributed by atoms with van der Waals surface area (Å²) in [6, 6.07) is 13.6. The van der Waals surface area contributed by atoms with E-state index < -0.39 is 0 Å². The van der Waals surface area contributed by atoms with Crippen LogP contribution in [-0.4, -0.2) is 19.1 Å². The molecule has 0 saturated carbocycles. The van der Waals surface area contributed by atoms with Gasteiger partial charge in [0.25, 0.3) is 0 Å². The number of nitrogens with zero attached hydrogens (tertiary/aromatic N) is 1. The molecule has 4 heteroatoms. The van der Waals surface area contributed by atoms with Crippen molar-refractivity contribution in [3.8, 4) is 5.75 Å². The maximum atomic E-state index is 12.8. The zero-order valence-electron chi connectivity index (χ0n) is 12.9. The molecule has 0 aliphatic heterocycles. The highest BCUT2D eigenvalue weighted by Crippen LogP contribution is 2.20. The third-order valence-corrected chi connectivity index (χ3v) is 3.42. The van der Waals surface area contributed by atoms with Crippen LogP contribution in [-0.2, 0) is 4.79 Å². The summed E-state index contributed by atoms with van der Waals surface area (Å²) in [7, 11) is 0. The minimum Gasteiger partial charge on any atom is -0.493 e. The van der Waals surface area contributed by atoms with Crippen molar-refractivity contribution in [3.05, 3.63) is 59.9 Å². The second-order valence-corrected chi connectivity index (χ2v) is 4.98. The average molecular weight is 301 g/mol. The lowest BCUT2D eigenvalue weighted by atomic mass is 10.1. The molecule has 0 aromatic heterocycles. The number of ether oxygens (including phenoxy) is 1. The summed E-state index contributed by atoms with van der Waals surface area (Å²) in [6.45, 7) is 4.82. The summed E-state index contributed by atoms with van der Waals surface area (Å²) in [5, 5.41) is 0. The van der Waals surface area contributed by atoms with Gasteiger partial charge in [0.1, 0.15) is 11.6 Å². The molecule has 0 radical (unpaired) electrons. The van der Waals surface area contributed by atoms with Gasteiger partial charge in [0.05, 0.1) is 13.0 Å². The Bertz CT molecular complexity index is 625. The van der Waals surface area contributed by atoms with Crippen LogP contribution in [0.1, 0.15) is 18.9 Å². The van der Waals surface area contributed by atoms with Crippen LogP contribution in [0.5, 0.6) is 5.75 Å². The predicted molar refractivity (Wildman–Crippen MR) is 85.7 cm³/mol. The third kappa shape index (κ3) is 4.07. The Kier molecular flexibility index (Phi) is 5.53. The van der Waals surface area contributed by atoms with E-state index in [9.17, 15) is 9.18 Å². The van der Waals surface area contributed by atoms with Crippen LogP contribution in [0.2, 0.25) is 0 Å². The van der Waals surface area contributed by atoms with E-state index in [2.05, 4.69) is 0 Å². The molecule has 0 bridgehead atoms. The first kappa shape index (κ1) is 16.0. The normalized spacial score (nSPS) is 10.3. The quantitative estimate of drug-likeness (QED) is 0.808. The standard InChI is InChI=1S/C18H20FNO2/c1-3-20(17-7-5-4-6-14(17)2)18(21)12-13-22-16-10-8-15(19)9-11-16/h4-11H,3,12-13H2,1-2H3. The van der Waals surface area contributed by atoms with E-state index in [0.29, 0.717) is 12.3 Å². The zero-order valence-corrected chi connectivity index (χ0v) is 12.9. The number of carbonyl (C=O) groups excluding carboxylic acids is 1. The molecule has 2 aromatic carbocycles. The Labute approximate surface area is 130 Å². The topological polar surface area (TPSA) is 29.5 Å². The van der Waals surface area contributed by atoms with Crippen molar-refractivity contribution in [2.75, 3.05) is 18.1 Å². The van der Waals surface area contributed by atoms with Crippen LogP contribution in [0, 0.1) is 12.7 Å². The summed E-state index contributed by atoms with van der Waals surface area (Å²) >= 11 is 0. The molecule has 3 nitrogen and oxygen atoms in total. The average Bonchev–Trinajstić information content (AvgIpc) is 2.52. The van der Waals surface area contributed by atoms with E-state index in [4.69, 9.17) is 4.74 Å². The second kappa shape index (κ2) is 7.59. The fourth-order valence-corrected chi connectivity index (χ4v) is 2.27. The maximum absolute atomic E-state index is 12.8. The van der Waals surface area contributed by atoms with Crippen LogP contribution in [0.25, 0.3) is 0 Å². The van der Waals surface area contributed by atoms with Gasteiger partial charge in [0.15, 0.2) is 0 Å². The molecule has 0 saturated heterocycles. The summed E-state index contributed by atoms with van der Waals surface area (Å²) < 4.78 is 18.3. The van der Waals surface area contributed by atoms with Gasteiger partial charge in [0.2, 0.25) is 5.91 Å². The number of halogens is 1. The van der Waals surface area contributed by atoms with Gasteiger partial charge in [-0.2, -0.15) is 0 Å². The number of amides is 1. The lowest BCUT2D eigenvalue weighted by Crippen LogP contribution is -2.32. The number of para-hydroxylation sites is 1. The largest absolute Gasteiger partial charge is 0.493 e. The number of aryl methyl sites for hydroxylation is 1. The molecular weight excluding hydrogens is 281 g/mol. The molecule has 0 aliphatic carbocycles. The van der Waals surface area contributed by atoms with Gasteiger partial charge in [-0.15, -0.1) is 0 Å². The van der Waals surface area contributed by atoms with E-state index in [0.717, 1.165) is 11.3 Å². The van der Waals surface area contributed by atoms with Gasteiger partial charge in [-0.05, 0) is 49.7 Å². The van der Waals surface area contributed by atoms with E-state index in [1.165, 1.54) is 12.1 Å². The van der Waals surface area contributed by atoms with E-state index in [1.807, 2.05) is 38.1 Å². The molecule has 0 fully saturated rings. The molecule has 0 unspecified atom stereocenters. The Morgan fingerprint density at radius 1 is 1.14 bits per heavy atom. The number of anilines is 1.